The molecule has 0 saturated heterocycles. The van der Waals surface area contributed by atoms with Crippen LogP contribution < -0.4 is 42.5 Å². The zero-order valence-electron chi connectivity index (χ0n) is 45.4. The van der Waals surface area contributed by atoms with Gasteiger partial charge in [-0.15, -0.1) is 0 Å². The van der Waals surface area contributed by atoms with Crippen LogP contribution in [0.3, 0.4) is 0 Å². The average Bonchev–Trinajstić information content (AvgIpc) is 3.51. The van der Waals surface area contributed by atoms with Gasteiger partial charge in [0.2, 0.25) is 29.5 Å². The third-order valence-electron chi connectivity index (χ3n) is 12.2. The van der Waals surface area contributed by atoms with Crippen LogP contribution in [-0.2, 0) is 66.9 Å². The molecule has 0 heterocycles. The number of carbonyl (C=O) groups excluding carboxylic acids is 10. The molecule has 0 saturated carbocycles. The third-order valence-corrected chi connectivity index (χ3v) is 19.2. The van der Waals surface area contributed by atoms with Crippen LogP contribution >= 0.6 is 28.9 Å². The molecule has 0 aliphatic heterocycles. The molecule has 0 aliphatic carbocycles. The van der Waals surface area contributed by atoms with E-state index in [4.69, 9.17) is 14.2 Å². The van der Waals surface area contributed by atoms with Crippen LogP contribution in [0.5, 0.6) is 0 Å². The zero-order chi connectivity index (χ0) is 57.1. The minimum absolute atomic E-state index is 0.0274. The van der Waals surface area contributed by atoms with Gasteiger partial charge in [-0.1, -0.05) is 96.0 Å². The number of unbranched alkanes of at least 4 members (excludes halogenated alkanes) is 3. The second-order valence-electron chi connectivity index (χ2n) is 17.9. The van der Waals surface area contributed by atoms with Crippen molar-refractivity contribution in [2.24, 2.45) is 0 Å². The van der Waals surface area contributed by atoms with E-state index in [1.165, 1.54) is 23.0 Å². The molecule has 0 unspecified atom stereocenters. The van der Waals surface area contributed by atoms with Gasteiger partial charge >= 0.3 is 23.9 Å². The lowest BCUT2D eigenvalue weighted by molar-refractivity contribution is -0.148. The first kappa shape index (κ1) is 66.0. The minimum Gasteiger partial charge on any atom is -0.469 e. The quantitative estimate of drug-likeness (QED) is 0.0173. The molecule has 3 aromatic rings. The summed E-state index contributed by atoms with van der Waals surface area (Å²) in [6.07, 6.45) is 3.23. The van der Waals surface area contributed by atoms with Gasteiger partial charge in [0.15, 0.2) is 5.78 Å². The molecular weight excluding hydrogens is 1060 g/mol. The highest BCUT2D eigenvalue weighted by Crippen LogP contribution is 2.56. The molecule has 3 rings (SSSR count). The van der Waals surface area contributed by atoms with E-state index in [0.717, 1.165) is 47.7 Å². The van der Waals surface area contributed by atoms with Crippen molar-refractivity contribution in [1.82, 2.24) is 26.6 Å². The van der Waals surface area contributed by atoms with Crippen molar-refractivity contribution in [3.8, 4) is 0 Å². The summed E-state index contributed by atoms with van der Waals surface area (Å²) in [5.41, 5.74) is 0. The molecule has 0 spiro atoms. The Bertz CT molecular complexity index is 2290. The van der Waals surface area contributed by atoms with Crippen molar-refractivity contribution < 1.29 is 66.9 Å². The summed E-state index contributed by atoms with van der Waals surface area (Å²) < 4.78 is 19.7. The van der Waals surface area contributed by atoms with E-state index in [1.54, 1.807) is 13.8 Å². The fourth-order valence-corrected chi connectivity index (χ4v) is 14.9. The number of ether oxygens (including phenoxy) is 4. The van der Waals surface area contributed by atoms with E-state index < -0.39 is 91.3 Å². The molecule has 22 heteroatoms. The maximum Gasteiger partial charge on any atom is 0.328 e. The number of hydrogen-bond acceptors (Lipinski definition) is 16. The Morgan fingerprint density at radius 2 is 0.885 bits per heavy atom. The van der Waals surface area contributed by atoms with Crippen LogP contribution in [-0.4, -0.2) is 135 Å². The maximum absolute atomic E-state index is 13.6. The highest BCUT2D eigenvalue weighted by Gasteiger charge is 2.44. The molecule has 78 heavy (non-hydrogen) atoms. The van der Waals surface area contributed by atoms with Crippen LogP contribution in [0.1, 0.15) is 104 Å². The second-order valence-corrected chi connectivity index (χ2v) is 24.1. The number of methoxy groups -OCH3 is 2. The fourth-order valence-electron chi connectivity index (χ4n) is 8.14. The number of benzene rings is 3. The average molecular weight is 1140 g/mol. The van der Waals surface area contributed by atoms with Crippen molar-refractivity contribution in [3.63, 3.8) is 0 Å². The normalized spacial score (nSPS) is 12.5. The Morgan fingerprint density at radius 3 is 1.32 bits per heavy atom. The summed E-state index contributed by atoms with van der Waals surface area (Å²) in [4.78, 5) is 129. The van der Waals surface area contributed by atoms with Crippen LogP contribution in [0.25, 0.3) is 0 Å². The summed E-state index contributed by atoms with van der Waals surface area (Å²) in [6.45, 7) is 4.80. The Kier molecular flexibility index (Phi) is 31.7. The largest absolute Gasteiger partial charge is 0.469 e. The molecule has 0 radical (unpaired) electrons. The molecule has 0 aliphatic rings. The lowest BCUT2D eigenvalue weighted by atomic mass is 10.1. The predicted octanol–water partition coefficient (Wildman–Crippen LogP) is 4.55. The van der Waals surface area contributed by atoms with E-state index in [1.807, 2.05) is 61.5 Å². The van der Waals surface area contributed by atoms with Gasteiger partial charge in [0.1, 0.15) is 47.8 Å². The first-order chi connectivity index (χ1) is 37.6. The zero-order valence-corrected chi connectivity index (χ0v) is 47.9. The van der Waals surface area contributed by atoms with Crippen LogP contribution in [0, 0.1) is 0 Å². The van der Waals surface area contributed by atoms with E-state index in [-0.39, 0.29) is 82.0 Å². The highest BCUT2D eigenvalue weighted by atomic mass is 33.1. The molecule has 426 valence electrons. The molecule has 0 aromatic heterocycles. The lowest BCUT2D eigenvalue weighted by Crippen LogP contribution is -2.50. The van der Waals surface area contributed by atoms with Crippen molar-refractivity contribution >= 4 is 104 Å². The molecule has 0 fully saturated rings. The van der Waals surface area contributed by atoms with Gasteiger partial charge in [-0.2, -0.15) is 0 Å². The summed E-state index contributed by atoms with van der Waals surface area (Å²) in [5, 5.41) is 16.8. The van der Waals surface area contributed by atoms with E-state index >= 15 is 0 Å². The lowest BCUT2D eigenvalue weighted by Gasteiger charge is -2.27. The van der Waals surface area contributed by atoms with Gasteiger partial charge in [-0.05, 0) is 82.3 Å². The standard InChI is InChI=1S/C56H76N5O14PS2/c1-6-9-13-28-48(63)58-44(56(71)75-8-3)31-34-51(66)61-46(54(69)57-37-53(68)73-5)39-78-77-38-45(47(62)32-35-52(67)72-4)60-50(65)33-30-43(55(70)74-7-2)59-49(64)29-20-21-36-76(40-22-14-10-15-23-40,41-24-16-11-17-25-41)42-26-18-12-19-27-42/h10-12,14-19,22-27,43-46H,6-9,13,20-21,28-39H2,1-5H3,(H4-,57,58,59,60,61,63,64,65,66,69)/p+1/t43-,44-,45-,46-/m0/s1. The van der Waals surface area contributed by atoms with Crippen molar-refractivity contribution in [2.75, 3.05) is 51.6 Å². The number of esters is 4. The topological polar surface area (TPSA) is 268 Å². The summed E-state index contributed by atoms with van der Waals surface area (Å²) in [6, 6.07) is 26.5. The molecule has 5 amide bonds. The molecule has 3 aromatic carbocycles. The van der Waals surface area contributed by atoms with Gasteiger partial charge in [0, 0.05) is 43.6 Å². The smallest absolute Gasteiger partial charge is 0.328 e. The van der Waals surface area contributed by atoms with Gasteiger partial charge in [0.05, 0.1) is 46.1 Å². The van der Waals surface area contributed by atoms with Crippen molar-refractivity contribution in [3.05, 3.63) is 91.0 Å². The summed E-state index contributed by atoms with van der Waals surface area (Å²) in [5.74, 6) is -6.30. The fraction of sp³-hybridized carbons (Fsp3) is 0.500. The van der Waals surface area contributed by atoms with Gasteiger partial charge < -0.3 is 45.5 Å². The minimum atomic E-state index is -2.13. The molecule has 4 atom stereocenters. The van der Waals surface area contributed by atoms with E-state index in [0.29, 0.717) is 19.3 Å². The molecule has 0 bridgehead atoms. The number of Topliss-reactive ketones (excluding diaryl/α,β-unsaturated/α-hetero) is 1. The van der Waals surface area contributed by atoms with Crippen LogP contribution in [0.15, 0.2) is 91.0 Å². The SMILES string of the molecule is CCCCCC(=O)N[C@@H](CCC(=O)N[C@@H](CSSC[C@H](NC(=O)CC[C@H](NC(=O)CCCC[P+](c1ccccc1)(c1ccccc1)c1ccccc1)C(=O)OCC)C(=O)CCC(=O)OC)C(=O)NCC(=O)OC)C(=O)OCC. The van der Waals surface area contributed by atoms with Crippen molar-refractivity contribution in [2.45, 2.75) is 128 Å². The monoisotopic (exact) mass is 1140 g/mol. The van der Waals surface area contributed by atoms with Gasteiger partial charge in [-0.3, -0.25) is 38.4 Å². The van der Waals surface area contributed by atoms with E-state index in [2.05, 4.69) is 67.7 Å². The highest BCUT2D eigenvalue weighted by molar-refractivity contribution is 8.76. The maximum atomic E-state index is 13.6. The first-order valence-electron chi connectivity index (χ1n) is 26.4. The molecule has 5 N–H and O–H groups in total. The Morgan fingerprint density at radius 1 is 0.474 bits per heavy atom. The van der Waals surface area contributed by atoms with Gasteiger partial charge in [0.25, 0.3) is 0 Å². The third kappa shape index (κ3) is 23.7. The first-order valence-corrected chi connectivity index (χ1v) is 30.8. The van der Waals surface area contributed by atoms with Gasteiger partial charge in [-0.25, -0.2) is 9.59 Å². The Labute approximate surface area is 466 Å². The summed E-state index contributed by atoms with van der Waals surface area (Å²) >= 11 is 0. The predicted molar refractivity (Wildman–Crippen MR) is 304 cm³/mol. The number of hydrogen-bond donors (Lipinski definition) is 5. The molecule has 19 nitrogen and oxygen atoms in total. The molecular formula is C56H77N5O14PS2+. The number of ketones is 1. The number of carbonyl (C=O) groups is 10. The van der Waals surface area contributed by atoms with E-state index in [9.17, 15) is 47.9 Å². The Hall–Kier alpha value is -6.31. The number of nitrogens with one attached hydrogen (secondary N) is 5. The number of rotatable bonds is 38. The Balaban J connectivity index is 1.68. The number of amides is 5. The van der Waals surface area contributed by atoms with Crippen LogP contribution in [0.4, 0.5) is 0 Å². The summed E-state index contributed by atoms with van der Waals surface area (Å²) in [7, 11) is 2.31. The van der Waals surface area contributed by atoms with Crippen LogP contribution in [0.2, 0.25) is 0 Å². The second kappa shape index (κ2) is 37.5. The van der Waals surface area contributed by atoms with Crippen molar-refractivity contribution in [1.29, 1.82) is 0 Å².